The van der Waals surface area contributed by atoms with Crippen molar-refractivity contribution in [1.82, 2.24) is 10.0 Å². The predicted octanol–water partition coefficient (Wildman–Crippen LogP) is -0.0352. The maximum Gasteiger partial charge on any atom is 0.241 e. The highest BCUT2D eigenvalue weighted by Gasteiger charge is 2.24. The SMILES string of the molecule is Nc1cc(F)cc(S(=O)(=O)NCC(=O)NC2CC2)c1. The fourth-order valence-corrected chi connectivity index (χ4v) is 2.54. The molecule has 1 aromatic rings. The Hall–Kier alpha value is -1.67. The zero-order chi connectivity index (χ0) is 14.0. The van der Waals surface area contributed by atoms with Crippen molar-refractivity contribution in [2.45, 2.75) is 23.8 Å². The molecule has 1 saturated carbocycles. The molecule has 0 aromatic heterocycles. The van der Waals surface area contributed by atoms with Crippen LogP contribution in [0.2, 0.25) is 0 Å². The number of nitrogens with one attached hydrogen (secondary N) is 2. The first-order chi connectivity index (χ1) is 8.87. The van der Waals surface area contributed by atoms with Crippen molar-refractivity contribution in [2.24, 2.45) is 0 Å². The second-order valence-electron chi connectivity index (χ2n) is 4.39. The Morgan fingerprint density at radius 2 is 2.05 bits per heavy atom. The summed E-state index contributed by atoms with van der Waals surface area (Å²) in [6.45, 7) is -0.380. The van der Waals surface area contributed by atoms with Crippen LogP contribution in [0.4, 0.5) is 10.1 Å². The quantitative estimate of drug-likeness (QED) is 0.662. The van der Waals surface area contributed by atoms with E-state index < -0.39 is 21.7 Å². The van der Waals surface area contributed by atoms with Crippen LogP contribution in [-0.4, -0.2) is 26.9 Å². The number of hydrogen-bond donors (Lipinski definition) is 3. The Labute approximate surface area is 110 Å². The molecule has 19 heavy (non-hydrogen) atoms. The Bertz CT molecular complexity index is 579. The minimum Gasteiger partial charge on any atom is -0.399 e. The van der Waals surface area contributed by atoms with Crippen LogP contribution in [0.3, 0.4) is 0 Å². The van der Waals surface area contributed by atoms with Gasteiger partial charge in [0.2, 0.25) is 15.9 Å². The Morgan fingerprint density at radius 3 is 2.63 bits per heavy atom. The summed E-state index contributed by atoms with van der Waals surface area (Å²) in [6, 6.07) is 3.14. The second kappa shape index (κ2) is 5.14. The Kier molecular flexibility index (Phi) is 3.72. The van der Waals surface area contributed by atoms with Gasteiger partial charge in [0.05, 0.1) is 11.4 Å². The van der Waals surface area contributed by atoms with Crippen molar-refractivity contribution >= 4 is 21.6 Å². The molecule has 2 rings (SSSR count). The Balaban J connectivity index is 2.02. The molecule has 0 heterocycles. The molecule has 6 nitrogen and oxygen atoms in total. The van der Waals surface area contributed by atoms with E-state index in [1.807, 2.05) is 0 Å². The summed E-state index contributed by atoms with van der Waals surface area (Å²) >= 11 is 0. The van der Waals surface area contributed by atoms with Crippen LogP contribution in [-0.2, 0) is 14.8 Å². The van der Waals surface area contributed by atoms with E-state index in [-0.39, 0.29) is 23.2 Å². The molecule has 1 amide bonds. The lowest BCUT2D eigenvalue weighted by Crippen LogP contribution is -2.37. The van der Waals surface area contributed by atoms with E-state index in [0.29, 0.717) is 0 Å². The maximum atomic E-state index is 13.1. The molecule has 1 fully saturated rings. The van der Waals surface area contributed by atoms with Crippen molar-refractivity contribution in [3.8, 4) is 0 Å². The van der Waals surface area contributed by atoms with Crippen LogP contribution in [0.5, 0.6) is 0 Å². The molecule has 0 aliphatic heterocycles. The molecule has 104 valence electrons. The molecule has 8 heteroatoms. The van der Waals surface area contributed by atoms with Gasteiger partial charge >= 0.3 is 0 Å². The highest BCUT2D eigenvalue weighted by atomic mass is 32.2. The molecule has 0 radical (unpaired) electrons. The maximum absolute atomic E-state index is 13.1. The van der Waals surface area contributed by atoms with Crippen molar-refractivity contribution in [2.75, 3.05) is 12.3 Å². The third kappa shape index (κ3) is 3.90. The first-order valence-electron chi connectivity index (χ1n) is 5.72. The number of carbonyl (C=O) groups is 1. The largest absolute Gasteiger partial charge is 0.399 e. The molecule has 0 bridgehead atoms. The second-order valence-corrected chi connectivity index (χ2v) is 6.15. The molecule has 1 aromatic carbocycles. The van der Waals surface area contributed by atoms with Crippen molar-refractivity contribution in [3.05, 3.63) is 24.0 Å². The molecule has 0 unspecified atom stereocenters. The molecule has 4 N–H and O–H groups in total. The molecule has 0 saturated heterocycles. The Morgan fingerprint density at radius 1 is 1.37 bits per heavy atom. The number of benzene rings is 1. The number of halogens is 1. The van der Waals surface area contributed by atoms with Gasteiger partial charge in [-0.1, -0.05) is 0 Å². The van der Waals surface area contributed by atoms with Crippen LogP contribution in [0.1, 0.15) is 12.8 Å². The molecular formula is C11H14FN3O3S. The topological polar surface area (TPSA) is 101 Å². The summed E-state index contributed by atoms with van der Waals surface area (Å²) in [7, 11) is -3.95. The predicted molar refractivity (Wildman–Crippen MR) is 67.2 cm³/mol. The van der Waals surface area contributed by atoms with Gasteiger partial charge in [-0.15, -0.1) is 0 Å². The van der Waals surface area contributed by atoms with Gasteiger partial charge in [0.15, 0.2) is 0 Å². The van der Waals surface area contributed by atoms with Gasteiger partial charge < -0.3 is 11.1 Å². The zero-order valence-corrected chi connectivity index (χ0v) is 10.8. The van der Waals surface area contributed by atoms with E-state index in [4.69, 9.17) is 5.73 Å². The number of anilines is 1. The van der Waals surface area contributed by atoms with E-state index in [1.165, 1.54) is 0 Å². The minimum atomic E-state index is -3.95. The number of nitrogen functional groups attached to an aromatic ring is 1. The molecule has 0 atom stereocenters. The van der Waals surface area contributed by atoms with Crippen LogP contribution in [0.15, 0.2) is 23.1 Å². The summed E-state index contributed by atoms with van der Waals surface area (Å²) in [4.78, 5) is 11.1. The monoisotopic (exact) mass is 287 g/mol. The molecule has 1 aliphatic rings. The van der Waals surface area contributed by atoms with Crippen LogP contribution < -0.4 is 15.8 Å². The van der Waals surface area contributed by atoms with E-state index in [2.05, 4.69) is 10.0 Å². The van der Waals surface area contributed by atoms with E-state index >= 15 is 0 Å². The van der Waals surface area contributed by atoms with Crippen LogP contribution in [0, 0.1) is 5.82 Å². The average Bonchev–Trinajstić information content (AvgIpc) is 3.09. The van der Waals surface area contributed by atoms with Gasteiger partial charge in [0.25, 0.3) is 0 Å². The summed E-state index contributed by atoms with van der Waals surface area (Å²) in [5, 5.41) is 2.64. The highest BCUT2D eigenvalue weighted by molar-refractivity contribution is 7.89. The molecule has 1 aliphatic carbocycles. The third-order valence-corrected chi connectivity index (χ3v) is 3.95. The lowest BCUT2D eigenvalue weighted by Gasteiger charge is -2.08. The lowest BCUT2D eigenvalue weighted by molar-refractivity contribution is -0.120. The fraction of sp³-hybridized carbons (Fsp3) is 0.364. The van der Waals surface area contributed by atoms with Gasteiger partial charge in [-0.05, 0) is 31.0 Å². The highest BCUT2D eigenvalue weighted by Crippen LogP contribution is 2.18. The van der Waals surface area contributed by atoms with Gasteiger partial charge in [-0.2, -0.15) is 0 Å². The van der Waals surface area contributed by atoms with Gasteiger partial charge in [0.1, 0.15) is 5.82 Å². The van der Waals surface area contributed by atoms with E-state index in [9.17, 15) is 17.6 Å². The first-order valence-corrected chi connectivity index (χ1v) is 7.20. The zero-order valence-electron chi connectivity index (χ0n) is 10.0. The van der Waals surface area contributed by atoms with Crippen molar-refractivity contribution in [1.29, 1.82) is 0 Å². The summed E-state index contributed by atoms with van der Waals surface area (Å²) in [6.07, 6.45) is 1.83. The first kappa shape index (κ1) is 13.8. The van der Waals surface area contributed by atoms with Gasteiger partial charge in [-0.3, -0.25) is 4.79 Å². The average molecular weight is 287 g/mol. The number of nitrogens with two attached hydrogens (primary N) is 1. The summed E-state index contributed by atoms with van der Waals surface area (Å²) in [5.74, 6) is -1.15. The molecular weight excluding hydrogens is 273 g/mol. The van der Waals surface area contributed by atoms with Gasteiger partial charge in [0, 0.05) is 11.7 Å². The summed E-state index contributed by atoms with van der Waals surface area (Å²) < 4.78 is 38.8. The van der Waals surface area contributed by atoms with Crippen molar-refractivity contribution < 1.29 is 17.6 Å². The van der Waals surface area contributed by atoms with Crippen LogP contribution in [0.25, 0.3) is 0 Å². The van der Waals surface area contributed by atoms with E-state index in [0.717, 1.165) is 31.0 Å². The lowest BCUT2D eigenvalue weighted by atomic mass is 10.3. The standard InChI is InChI=1S/C11H14FN3O3S/c12-7-3-8(13)5-10(4-7)19(17,18)14-6-11(16)15-9-1-2-9/h3-5,9,14H,1-2,6,13H2,(H,15,16). The number of amides is 1. The summed E-state index contributed by atoms with van der Waals surface area (Å²) in [5.41, 5.74) is 5.38. The minimum absolute atomic E-state index is 0.00260. The van der Waals surface area contributed by atoms with Crippen LogP contribution >= 0.6 is 0 Å². The third-order valence-electron chi connectivity index (χ3n) is 2.57. The normalized spacial score (nSPS) is 15.2. The molecule has 0 spiro atoms. The fourth-order valence-electron chi connectivity index (χ4n) is 1.49. The smallest absolute Gasteiger partial charge is 0.241 e. The van der Waals surface area contributed by atoms with E-state index in [1.54, 1.807) is 0 Å². The van der Waals surface area contributed by atoms with Gasteiger partial charge in [-0.25, -0.2) is 17.5 Å². The number of carbonyl (C=O) groups excluding carboxylic acids is 1. The number of hydrogen-bond acceptors (Lipinski definition) is 4. The number of rotatable bonds is 5. The van der Waals surface area contributed by atoms with Crippen molar-refractivity contribution in [3.63, 3.8) is 0 Å². The number of sulfonamides is 1.